The lowest BCUT2D eigenvalue weighted by Crippen LogP contribution is -2.14. The van der Waals surface area contributed by atoms with Crippen molar-refractivity contribution in [2.24, 2.45) is 0 Å². The van der Waals surface area contributed by atoms with Gasteiger partial charge in [-0.25, -0.2) is 9.59 Å². The third-order valence-electron chi connectivity index (χ3n) is 3.27. The molecule has 0 aliphatic rings. The fraction of sp³-hybridized carbons (Fsp3) is 0.222. The summed E-state index contributed by atoms with van der Waals surface area (Å²) >= 11 is 0. The first-order valence-electron chi connectivity index (χ1n) is 7.95. The Labute approximate surface area is 168 Å². The molecule has 0 spiro atoms. The number of phenolic OH excluding ortho intramolecular Hbond substituents is 4. The predicted octanol–water partition coefficient (Wildman–Crippen LogP) is 3.60. The quantitative estimate of drug-likeness (QED) is 0.225. The second-order valence-electron chi connectivity index (χ2n) is 5.54. The van der Waals surface area contributed by atoms with Gasteiger partial charge in [-0.15, -0.1) is 0 Å². The van der Waals surface area contributed by atoms with E-state index < -0.39 is 22.8 Å². The van der Waals surface area contributed by atoms with Crippen LogP contribution in [0, 0.1) is 0 Å². The van der Waals surface area contributed by atoms with E-state index in [4.69, 9.17) is 9.47 Å². The van der Waals surface area contributed by atoms with Crippen molar-refractivity contribution >= 4 is 33.5 Å². The molecule has 2 rings (SSSR count). The molecule has 0 saturated heterocycles. The molecule has 0 radical (unpaired) electrons. The van der Waals surface area contributed by atoms with E-state index in [-0.39, 0.29) is 34.1 Å². The van der Waals surface area contributed by atoms with Gasteiger partial charge in [-0.2, -0.15) is 0 Å². The molecule has 2 aromatic rings. The number of hydrogen-bond donors (Lipinski definition) is 4. The van der Waals surface area contributed by atoms with E-state index in [1.165, 1.54) is 24.3 Å². The number of aromatic hydroxyl groups is 4. The number of carbonyl (C=O) groups is 2. The Bertz CT molecular complexity index is 799. The first-order valence-corrected chi connectivity index (χ1v) is 10.2. The van der Waals surface area contributed by atoms with Gasteiger partial charge >= 0.3 is 11.9 Å². The molecular formula is C18H18O8S2. The predicted molar refractivity (Wildman–Crippen MR) is 104 cm³/mol. The van der Waals surface area contributed by atoms with Crippen LogP contribution >= 0.6 is 21.6 Å². The topological polar surface area (TPSA) is 134 Å². The molecule has 0 bridgehead atoms. The van der Waals surface area contributed by atoms with Gasteiger partial charge < -0.3 is 29.9 Å². The van der Waals surface area contributed by atoms with Crippen LogP contribution in [0.3, 0.4) is 0 Å². The van der Waals surface area contributed by atoms with Crippen molar-refractivity contribution in [2.75, 3.05) is 0 Å². The summed E-state index contributed by atoms with van der Waals surface area (Å²) in [6, 6.07) is 7.01. The molecule has 2 aromatic carbocycles. The maximum atomic E-state index is 12.1. The molecule has 8 nitrogen and oxygen atoms in total. The minimum absolute atomic E-state index is 0.170. The average Bonchev–Trinajstić information content (AvgIpc) is 2.63. The Kier molecular flexibility index (Phi) is 7.30. The number of benzene rings is 2. The largest absolute Gasteiger partial charge is 0.508 e. The van der Waals surface area contributed by atoms with E-state index in [2.05, 4.69) is 0 Å². The number of rotatable bonds is 7. The van der Waals surface area contributed by atoms with Crippen molar-refractivity contribution < 1.29 is 39.5 Å². The second-order valence-corrected chi connectivity index (χ2v) is 8.41. The number of esters is 2. The fourth-order valence-electron chi connectivity index (χ4n) is 2.00. The van der Waals surface area contributed by atoms with Crippen molar-refractivity contribution in [2.45, 2.75) is 24.7 Å². The van der Waals surface area contributed by atoms with Crippen LogP contribution in [-0.2, 0) is 9.47 Å². The monoisotopic (exact) mass is 426 g/mol. The van der Waals surface area contributed by atoms with E-state index in [0.29, 0.717) is 0 Å². The molecule has 4 N–H and O–H groups in total. The van der Waals surface area contributed by atoms with E-state index >= 15 is 0 Å². The molecule has 10 heteroatoms. The Morgan fingerprint density at radius 1 is 0.750 bits per heavy atom. The summed E-state index contributed by atoms with van der Waals surface area (Å²) in [6.07, 6.45) is 0. The maximum absolute atomic E-state index is 12.1. The molecule has 0 fully saturated rings. The zero-order chi connectivity index (χ0) is 20.8. The highest BCUT2D eigenvalue weighted by Gasteiger charge is 2.20. The Morgan fingerprint density at radius 2 is 1.11 bits per heavy atom. The van der Waals surface area contributed by atoms with Crippen molar-refractivity contribution in [1.29, 1.82) is 0 Å². The minimum atomic E-state index is -0.816. The normalized spacial score (nSPS) is 12.8. The lowest BCUT2D eigenvalue weighted by atomic mass is 10.2. The zero-order valence-electron chi connectivity index (χ0n) is 14.9. The van der Waals surface area contributed by atoms with Gasteiger partial charge in [0.1, 0.15) is 34.1 Å². The summed E-state index contributed by atoms with van der Waals surface area (Å²) < 4.78 is 10.3. The highest BCUT2D eigenvalue weighted by atomic mass is 33.1. The van der Waals surface area contributed by atoms with Crippen LogP contribution < -0.4 is 0 Å². The Balaban J connectivity index is 1.85. The third-order valence-corrected chi connectivity index (χ3v) is 6.08. The first kappa shape index (κ1) is 21.6. The molecule has 0 heterocycles. The number of hydrogen-bond acceptors (Lipinski definition) is 10. The van der Waals surface area contributed by atoms with E-state index in [1.54, 1.807) is 13.8 Å². The van der Waals surface area contributed by atoms with E-state index in [9.17, 15) is 30.0 Å². The van der Waals surface area contributed by atoms with Gasteiger partial charge in [-0.3, -0.25) is 0 Å². The van der Waals surface area contributed by atoms with Crippen LogP contribution in [0.2, 0.25) is 0 Å². The summed E-state index contributed by atoms with van der Waals surface area (Å²) in [5, 5.41) is 38.1. The summed E-state index contributed by atoms with van der Waals surface area (Å²) in [7, 11) is 2.20. The fourth-order valence-corrected chi connectivity index (χ4v) is 3.74. The standard InChI is InChI=1S/C18H18O8S2/c1-9(25-17(23)13-7-11(19)3-5-15(13)21)27-28-10(2)26-18(24)14-8-12(20)4-6-16(14)22/h3-10,19-22H,1-2H3. The Hall–Kier alpha value is -2.72. The van der Waals surface area contributed by atoms with Gasteiger partial charge in [-0.05, 0) is 71.8 Å². The van der Waals surface area contributed by atoms with Gasteiger partial charge in [0.15, 0.2) is 10.9 Å². The maximum Gasteiger partial charge on any atom is 0.343 e. The van der Waals surface area contributed by atoms with Crippen molar-refractivity contribution in [3.05, 3.63) is 47.5 Å². The summed E-state index contributed by atoms with van der Waals surface area (Å²) in [5.41, 5.74) is -1.66. The van der Waals surface area contributed by atoms with Crippen LogP contribution in [0.5, 0.6) is 23.0 Å². The van der Waals surface area contributed by atoms with E-state index in [0.717, 1.165) is 33.7 Å². The molecule has 150 valence electrons. The second kappa shape index (κ2) is 9.47. The molecule has 2 unspecified atom stereocenters. The van der Waals surface area contributed by atoms with Crippen molar-refractivity contribution in [3.8, 4) is 23.0 Å². The lowest BCUT2D eigenvalue weighted by molar-refractivity contribution is 0.0464. The SMILES string of the molecule is CC(OC(=O)c1cc(O)ccc1O)SSC(C)OC(=O)c1cc(O)ccc1O. The third kappa shape index (κ3) is 5.89. The molecule has 0 saturated carbocycles. The van der Waals surface area contributed by atoms with Crippen LogP contribution in [0.4, 0.5) is 0 Å². The van der Waals surface area contributed by atoms with Crippen LogP contribution in [0.25, 0.3) is 0 Å². The molecule has 0 aromatic heterocycles. The molecule has 2 atom stereocenters. The number of ether oxygens (including phenoxy) is 2. The number of carbonyl (C=O) groups excluding carboxylic acids is 2. The highest BCUT2D eigenvalue weighted by molar-refractivity contribution is 8.77. The smallest absolute Gasteiger partial charge is 0.343 e. The summed E-state index contributed by atoms with van der Waals surface area (Å²) in [6.45, 7) is 3.18. The molecular weight excluding hydrogens is 408 g/mol. The minimum Gasteiger partial charge on any atom is -0.508 e. The van der Waals surface area contributed by atoms with Crippen molar-refractivity contribution in [3.63, 3.8) is 0 Å². The first-order chi connectivity index (χ1) is 13.2. The summed E-state index contributed by atoms with van der Waals surface area (Å²) in [4.78, 5) is 24.1. The lowest BCUT2D eigenvalue weighted by Gasteiger charge is -2.16. The van der Waals surface area contributed by atoms with Gasteiger partial charge in [0, 0.05) is 0 Å². The molecule has 0 aliphatic heterocycles. The zero-order valence-corrected chi connectivity index (χ0v) is 16.5. The Morgan fingerprint density at radius 3 is 1.46 bits per heavy atom. The van der Waals surface area contributed by atoms with Crippen LogP contribution in [-0.4, -0.2) is 43.2 Å². The van der Waals surface area contributed by atoms with Crippen LogP contribution in [0.1, 0.15) is 34.6 Å². The van der Waals surface area contributed by atoms with Gasteiger partial charge in [0.05, 0.1) is 0 Å². The number of phenols is 4. The molecule has 0 aliphatic carbocycles. The van der Waals surface area contributed by atoms with Crippen molar-refractivity contribution in [1.82, 2.24) is 0 Å². The molecule has 0 amide bonds. The summed E-state index contributed by atoms with van der Waals surface area (Å²) in [5.74, 6) is -2.64. The van der Waals surface area contributed by atoms with Gasteiger partial charge in [0.25, 0.3) is 0 Å². The van der Waals surface area contributed by atoms with E-state index in [1.807, 2.05) is 0 Å². The van der Waals surface area contributed by atoms with Crippen LogP contribution in [0.15, 0.2) is 36.4 Å². The van der Waals surface area contributed by atoms with Gasteiger partial charge in [0.2, 0.25) is 0 Å². The molecule has 28 heavy (non-hydrogen) atoms. The highest BCUT2D eigenvalue weighted by Crippen LogP contribution is 2.34. The average molecular weight is 426 g/mol. The van der Waals surface area contributed by atoms with Gasteiger partial charge in [-0.1, -0.05) is 0 Å².